The zero-order valence-electron chi connectivity index (χ0n) is 12.5. The van der Waals surface area contributed by atoms with Gasteiger partial charge in [-0.1, -0.05) is 12.1 Å². The fourth-order valence-electron chi connectivity index (χ4n) is 2.44. The molecule has 1 unspecified atom stereocenters. The third-order valence-corrected chi connectivity index (χ3v) is 3.53. The number of likely N-dealkylation sites (tertiary alicyclic amines) is 1. The van der Waals surface area contributed by atoms with E-state index in [2.05, 4.69) is 5.32 Å². The Hall–Kier alpha value is -2.58. The molecule has 1 aliphatic rings. The van der Waals surface area contributed by atoms with Crippen molar-refractivity contribution in [1.82, 2.24) is 4.90 Å². The van der Waals surface area contributed by atoms with Crippen molar-refractivity contribution in [2.24, 2.45) is 5.92 Å². The molecule has 0 bridgehead atoms. The van der Waals surface area contributed by atoms with Crippen molar-refractivity contribution in [1.29, 1.82) is 0 Å². The van der Waals surface area contributed by atoms with Crippen LogP contribution in [-0.2, 0) is 20.8 Å². The van der Waals surface area contributed by atoms with E-state index in [1.807, 2.05) is 0 Å². The van der Waals surface area contributed by atoms with Crippen LogP contribution >= 0.6 is 0 Å². The maximum absolute atomic E-state index is 12.3. The number of carboxylic acid groups (broad SMARTS) is 1. The van der Waals surface area contributed by atoms with Gasteiger partial charge in [-0.15, -0.1) is 0 Å². The quantitative estimate of drug-likeness (QED) is 0.851. The minimum atomic E-state index is -4.50. The highest BCUT2D eigenvalue weighted by Crippen LogP contribution is 2.24. The van der Waals surface area contributed by atoms with Crippen LogP contribution in [0.25, 0.3) is 0 Å². The smallest absolute Gasteiger partial charge is 0.406 e. The van der Waals surface area contributed by atoms with Crippen LogP contribution in [0.5, 0.6) is 0 Å². The molecule has 1 heterocycles. The van der Waals surface area contributed by atoms with Gasteiger partial charge >= 0.3 is 12.1 Å². The van der Waals surface area contributed by atoms with Gasteiger partial charge in [0, 0.05) is 18.7 Å². The number of halogens is 3. The molecule has 2 rings (SSSR count). The molecule has 0 radical (unpaired) electrons. The lowest BCUT2D eigenvalue weighted by molar-refractivity contribution is -0.157. The molecule has 24 heavy (non-hydrogen) atoms. The Morgan fingerprint density at radius 1 is 1.25 bits per heavy atom. The highest BCUT2D eigenvalue weighted by Gasteiger charge is 2.40. The Morgan fingerprint density at radius 2 is 1.88 bits per heavy atom. The summed E-state index contributed by atoms with van der Waals surface area (Å²) >= 11 is 0. The molecule has 2 amide bonds. The molecule has 0 aliphatic carbocycles. The lowest BCUT2D eigenvalue weighted by atomic mass is 10.1. The van der Waals surface area contributed by atoms with Crippen molar-refractivity contribution in [2.45, 2.75) is 19.0 Å². The monoisotopic (exact) mass is 344 g/mol. The Kier molecular flexibility index (Phi) is 5.10. The summed E-state index contributed by atoms with van der Waals surface area (Å²) < 4.78 is 37.0. The van der Waals surface area contributed by atoms with E-state index in [-0.39, 0.29) is 19.4 Å². The Balaban J connectivity index is 1.93. The van der Waals surface area contributed by atoms with Gasteiger partial charge in [0.15, 0.2) is 0 Å². The topological polar surface area (TPSA) is 86.7 Å². The van der Waals surface area contributed by atoms with E-state index in [0.29, 0.717) is 16.2 Å². The predicted molar refractivity (Wildman–Crippen MR) is 77.2 cm³/mol. The number of carbonyl (C=O) groups excluding carboxylic acids is 2. The molecule has 9 heteroatoms. The fourth-order valence-corrected chi connectivity index (χ4v) is 2.44. The third-order valence-electron chi connectivity index (χ3n) is 3.53. The SMILES string of the molecule is O=C(O)Cc1ccc(NC(=O)C2CC(=O)N(CC(F)(F)F)C2)cc1. The van der Waals surface area contributed by atoms with Crippen molar-refractivity contribution >= 4 is 23.5 Å². The molecule has 1 fully saturated rings. The molecule has 1 saturated heterocycles. The second-order valence-electron chi connectivity index (χ2n) is 5.55. The summed E-state index contributed by atoms with van der Waals surface area (Å²) in [6.45, 7) is -1.64. The van der Waals surface area contributed by atoms with Crippen LogP contribution in [-0.4, -0.2) is 47.1 Å². The molecule has 1 aromatic rings. The third kappa shape index (κ3) is 4.97. The van der Waals surface area contributed by atoms with Gasteiger partial charge in [-0.25, -0.2) is 0 Å². The van der Waals surface area contributed by atoms with Gasteiger partial charge in [0.2, 0.25) is 11.8 Å². The van der Waals surface area contributed by atoms with Gasteiger partial charge in [-0.05, 0) is 17.7 Å². The van der Waals surface area contributed by atoms with E-state index < -0.39 is 36.4 Å². The number of hydrogen-bond donors (Lipinski definition) is 2. The van der Waals surface area contributed by atoms with E-state index in [4.69, 9.17) is 5.11 Å². The number of nitrogens with one attached hydrogen (secondary N) is 1. The van der Waals surface area contributed by atoms with Crippen molar-refractivity contribution < 1.29 is 32.7 Å². The number of carboxylic acids is 1. The Labute approximate surface area is 135 Å². The number of hydrogen-bond acceptors (Lipinski definition) is 3. The summed E-state index contributed by atoms with van der Waals surface area (Å²) in [6.07, 6.45) is -4.92. The zero-order chi connectivity index (χ0) is 17.9. The number of aliphatic carboxylic acids is 1. The summed E-state index contributed by atoms with van der Waals surface area (Å²) in [5.74, 6) is -3.08. The lowest BCUT2D eigenvalue weighted by Gasteiger charge is -2.18. The van der Waals surface area contributed by atoms with Gasteiger partial charge in [0.05, 0.1) is 12.3 Å². The average Bonchev–Trinajstić information content (AvgIpc) is 2.80. The first-order valence-electron chi connectivity index (χ1n) is 7.10. The number of amides is 2. The maximum atomic E-state index is 12.3. The van der Waals surface area contributed by atoms with Crippen LogP contribution in [0.15, 0.2) is 24.3 Å². The van der Waals surface area contributed by atoms with Gasteiger partial charge in [0.1, 0.15) is 6.54 Å². The van der Waals surface area contributed by atoms with Crippen LogP contribution < -0.4 is 5.32 Å². The average molecular weight is 344 g/mol. The molecule has 0 aromatic heterocycles. The summed E-state index contributed by atoms with van der Waals surface area (Å²) in [7, 11) is 0. The molecule has 0 saturated carbocycles. The Bertz CT molecular complexity index is 643. The molecule has 6 nitrogen and oxygen atoms in total. The summed E-state index contributed by atoms with van der Waals surface area (Å²) in [5.41, 5.74) is 0.934. The molecular formula is C15H15F3N2O4. The molecule has 130 valence electrons. The normalized spacial score (nSPS) is 17.9. The summed E-state index contributed by atoms with van der Waals surface area (Å²) in [5, 5.41) is 11.2. The van der Waals surface area contributed by atoms with Crippen LogP contribution in [0.3, 0.4) is 0 Å². The fraction of sp³-hybridized carbons (Fsp3) is 0.400. The van der Waals surface area contributed by atoms with E-state index in [0.717, 1.165) is 0 Å². The zero-order valence-corrected chi connectivity index (χ0v) is 12.5. The van der Waals surface area contributed by atoms with Crippen LogP contribution in [0.2, 0.25) is 0 Å². The number of alkyl halides is 3. The minimum Gasteiger partial charge on any atom is -0.481 e. The van der Waals surface area contributed by atoms with Crippen LogP contribution in [0, 0.1) is 5.92 Å². The molecule has 2 N–H and O–H groups in total. The largest absolute Gasteiger partial charge is 0.481 e. The van der Waals surface area contributed by atoms with E-state index in [9.17, 15) is 27.6 Å². The van der Waals surface area contributed by atoms with Crippen LogP contribution in [0.1, 0.15) is 12.0 Å². The van der Waals surface area contributed by atoms with E-state index in [1.165, 1.54) is 24.3 Å². The number of rotatable bonds is 5. The van der Waals surface area contributed by atoms with Gasteiger partial charge in [0.25, 0.3) is 0 Å². The first-order valence-corrected chi connectivity index (χ1v) is 7.10. The number of nitrogens with zero attached hydrogens (tertiary/aromatic N) is 1. The van der Waals surface area contributed by atoms with Gasteiger partial charge in [-0.3, -0.25) is 14.4 Å². The first kappa shape index (κ1) is 17.8. The van der Waals surface area contributed by atoms with Gasteiger partial charge < -0.3 is 15.3 Å². The minimum absolute atomic E-state index is 0.155. The number of carbonyl (C=O) groups is 3. The lowest BCUT2D eigenvalue weighted by Crippen LogP contribution is -2.36. The maximum Gasteiger partial charge on any atom is 0.406 e. The second-order valence-corrected chi connectivity index (χ2v) is 5.55. The number of benzene rings is 1. The second kappa shape index (κ2) is 6.90. The Morgan fingerprint density at radius 3 is 2.42 bits per heavy atom. The predicted octanol–water partition coefficient (Wildman–Crippen LogP) is 1.66. The van der Waals surface area contributed by atoms with Crippen LogP contribution in [0.4, 0.5) is 18.9 Å². The van der Waals surface area contributed by atoms with E-state index >= 15 is 0 Å². The molecule has 0 spiro atoms. The first-order chi connectivity index (χ1) is 11.1. The molecular weight excluding hydrogens is 329 g/mol. The molecule has 1 aromatic carbocycles. The highest BCUT2D eigenvalue weighted by molar-refractivity contribution is 5.97. The summed E-state index contributed by atoms with van der Waals surface area (Å²) in [4.78, 5) is 34.8. The highest BCUT2D eigenvalue weighted by atomic mass is 19.4. The molecule has 1 atom stereocenters. The van der Waals surface area contributed by atoms with Crippen molar-refractivity contribution in [3.8, 4) is 0 Å². The van der Waals surface area contributed by atoms with Crippen molar-refractivity contribution in [3.05, 3.63) is 29.8 Å². The van der Waals surface area contributed by atoms with Gasteiger partial charge in [-0.2, -0.15) is 13.2 Å². The van der Waals surface area contributed by atoms with Crippen molar-refractivity contribution in [2.75, 3.05) is 18.4 Å². The van der Waals surface area contributed by atoms with E-state index in [1.54, 1.807) is 0 Å². The number of anilines is 1. The van der Waals surface area contributed by atoms with Crippen molar-refractivity contribution in [3.63, 3.8) is 0 Å². The summed E-state index contributed by atoms with van der Waals surface area (Å²) in [6, 6.07) is 6.06. The molecule has 1 aliphatic heterocycles. The standard InChI is InChI=1S/C15H15F3N2O4/c16-15(17,18)8-20-7-10(6-12(20)21)14(24)19-11-3-1-9(2-4-11)5-13(22)23/h1-4,10H,5-8H2,(H,19,24)(H,22,23).